The molecule has 0 aromatic carbocycles. The Morgan fingerprint density at radius 3 is 2.67 bits per heavy atom. The Morgan fingerprint density at radius 1 is 1.44 bits per heavy atom. The fraction of sp³-hybridized carbons (Fsp3) is 1.00. The average Bonchev–Trinajstić information content (AvgIpc) is 2.24. The van der Waals surface area contributed by atoms with E-state index in [2.05, 4.69) is 13.8 Å². The number of hydrogen-bond acceptors (Lipinski definition) is 3. The number of aliphatic hydroxyl groups excluding tert-OH is 1. The average molecular weight is 264 g/mol. The lowest BCUT2D eigenvalue weighted by Gasteiger charge is -2.43. The summed E-state index contributed by atoms with van der Waals surface area (Å²) in [6.07, 6.45) is 0.840. The van der Waals surface area contributed by atoms with Gasteiger partial charge in [-0.2, -0.15) is 0 Å². The first-order chi connectivity index (χ1) is 8.36. The SMILES string of the molecule is CC1(C)CCCC(CN(CCO)CC(F)F)C1N. The summed E-state index contributed by atoms with van der Waals surface area (Å²) in [6, 6.07) is 0.0464. The fourth-order valence-corrected chi connectivity index (χ4v) is 2.93. The van der Waals surface area contributed by atoms with E-state index < -0.39 is 6.43 Å². The van der Waals surface area contributed by atoms with Crippen molar-refractivity contribution in [1.82, 2.24) is 4.90 Å². The molecule has 1 aliphatic rings. The van der Waals surface area contributed by atoms with Gasteiger partial charge < -0.3 is 10.8 Å². The molecule has 5 heteroatoms. The minimum Gasteiger partial charge on any atom is -0.395 e. The number of rotatable bonds is 6. The van der Waals surface area contributed by atoms with Crippen molar-refractivity contribution in [1.29, 1.82) is 0 Å². The third-order valence-corrected chi connectivity index (χ3v) is 4.11. The van der Waals surface area contributed by atoms with Crippen LogP contribution in [0.1, 0.15) is 33.1 Å². The Kier molecular flexibility index (Phi) is 5.95. The molecule has 1 rings (SSSR count). The van der Waals surface area contributed by atoms with Crippen LogP contribution in [0.4, 0.5) is 8.78 Å². The normalized spacial score (nSPS) is 28.0. The second-order valence-electron chi connectivity index (χ2n) is 6.04. The maximum Gasteiger partial charge on any atom is 0.251 e. The van der Waals surface area contributed by atoms with Crippen LogP contribution < -0.4 is 5.73 Å². The first kappa shape index (κ1) is 15.8. The summed E-state index contributed by atoms with van der Waals surface area (Å²) in [4.78, 5) is 1.64. The summed E-state index contributed by atoms with van der Waals surface area (Å²) < 4.78 is 24.9. The lowest BCUT2D eigenvalue weighted by Crippen LogP contribution is -2.51. The monoisotopic (exact) mass is 264 g/mol. The van der Waals surface area contributed by atoms with Gasteiger partial charge in [0.25, 0.3) is 6.43 Å². The molecule has 18 heavy (non-hydrogen) atoms. The first-order valence-corrected chi connectivity index (χ1v) is 6.73. The standard InChI is InChI=1S/C13H26F2N2O/c1-13(2)5-3-4-10(12(13)16)8-17(6-7-18)9-11(14)15/h10-12,18H,3-9,16H2,1-2H3. The minimum atomic E-state index is -2.36. The van der Waals surface area contributed by atoms with Crippen molar-refractivity contribution in [3.63, 3.8) is 0 Å². The lowest BCUT2D eigenvalue weighted by molar-refractivity contribution is 0.0478. The number of hydrogen-bond donors (Lipinski definition) is 2. The van der Waals surface area contributed by atoms with E-state index in [1.165, 1.54) is 0 Å². The second kappa shape index (κ2) is 6.78. The van der Waals surface area contributed by atoms with E-state index in [1.807, 2.05) is 0 Å². The Bertz CT molecular complexity index is 249. The number of nitrogens with zero attached hydrogens (tertiary/aromatic N) is 1. The quantitative estimate of drug-likeness (QED) is 0.767. The largest absolute Gasteiger partial charge is 0.395 e. The highest BCUT2D eigenvalue weighted by Gasteiger charge is 2.37. The molecule has 3 nitrogen and oxygen atoms in total. The summed E-state index contributed by atoms with van der Waals surface area (Å²) in [5.74, 6) is 0.249. The molecule has 108 valence electrons. The zero-order valence-electron chi connectivity index (χ0n) is 11.4. The van der Waals surface area contributed by atoms with Crippen LogP contribution in [0.2, 0.25) is 0 Å². The highest BCUT2D eigenvalue weighted by atomic mass is 19.3. The summed E-state index contributed by atoms with van der Waals surface area (Å²) in [5, 5.41) is 8.93. The van der Waals surface area contributed by atoms with Gasteiger partial charge in [0, 0.05) is 19.1 Å². The molecular weight excluding hydrogens is 238 g/mol. The van der Waals surface area contributed by atoms with Crippen LogP contribution in [0, 0.1) is 11.3 Å². The number of alkyl halides is 2. The smallest absolute Gasteiger partial charge is 0.251 e. The molecule has 0 spiro atoms. The molecule has 0 amide bonds. The van der Waals surface area contributed by atoms with Crippen molar-refractivity contribution in [3.05, 3.63) is 0 Å². The molecule has 0 aromatic heterocycles. The number of nitrogens with two attached hydrogens (primary N) is 1. The van der Waals surface area contributed by atoms with Crippen LogP contribution in [0.15, 0.2) is 0 Å². The van der Waals surface area contributed by atoms with Crippen LogP contribution in [0.5, 0.6) is 0 Å². The Labute approximate surface area is 108 Å². The molecule has 0 aromatic rings. The summed E-state index contributed by atoms with van der Waals surface area (Å²) in [7, 11) is 0. The van der Waals surface area contributed by atoms with Gasteiger partial charge in [0.05, 0.1) is 13.2 Å². The molecule has 1 aliphatic carbocycles. The topological polar surface area (TPSA) is 49.5 Å². The van der Waals surface area contributed by atoms with Crippen LogP contribution >= 0.6 is 0 Å². The van der Waals surface area contributed by atoms with E-state index in [0.29, 0.717) is 13.1 Å². The van der Waals surface area contributed by atoms with E-state index in [9.17, 15) is 8.78 Å². The second-order valence-corrected chi connectivity index (χ2v) is 6.04. The van der Waals surface area contributed by atoms with Crippen molar-refractivity contribution < 1.29 is 13.9 Å². The molecule has 3 N–H and O–H groups in total. The van der Waals surface area contributed by atoms with Gasteiger partial charge in [0.1, 0.15) is 0 Å². The van der Waals surface area contributed by atoms with Gasteiger partial charge in [-0.25, -0.2) is 8.78 Å². The Balaban J connectivity index is 2.56. The Morgan fingerprint density at radius 2 is 2.11 bits per heavy atom. The van der Waals surface area contributed by atoms with Crippen molar-refractivity contribution in [2.75, 3.05) is 26.2 Å². The van der Waals surface area contributed by atoms with Gasteiger partial charge in [-0.05, 0) is 24.2 Å². The fourth-order valence-electron chi connectivity index (χ4n) is 2.93. The first-order valence-electron chi connectivity index (χ1n) is 6.73. The molecule has 1 fully saturated rings. The van der Waals surface area contributed by atoms with Crippen LogP contribution in [0.25, 0.3) is 0 Å². The van der Waals surface area contributed by atoms with Crippen LogP contribution in [-0.4, -0.2) is 48.7 Å². The van der Waals surface area contributed by atoms with E-state index in [0.717, 1.165) is 19.3 Å². The van der Waals surface area contributed by atoms with Gasteiger partial charge in [0.2, 0.25) is 0 Å². The molecule has 0 saturated heterocycles. The minimum absolute atomic E-state index is 0.0464. The summed E-state index contributed by atoms with van der Waals surface area (Å²) in [6.45, 7) is 4.80. The van der Waals surface area contributed by atoms with E-state index >= 15 is 0 Å². The number of aliphatic hydroxyl groups is 1. The van der Waals surface area contributed by atoms with Crippen LogP contribution in [0.3, 0.4) is 0 Å². The lowest BCUT2D eigenvalue weighted by atomic mass is 9.68. The highest BCUT2D eigenvalue weighted by molar-refractivity contribution is 4.92. The van der Waals surface area contributed by atoms with E-state index in [4.69, 9.17) is 10.8 Å². The zero-order chi connectivity index (χ0) is 13.8. The van der Waals surface area contributed by atoms with Crippen molar-refractivity contribution >= 4 is 0 Å². The van der Waals surface area contributed by atoms with E-state index in [1.54, 1.807) is 4.90 Å². The van der Waals surface area contributed by atoms with Gasteiger partial charge in [-0.1, -0.05) is 20.3 Å². The molecular formula is C13H26F2N2O. The van der Waals surface area contributed by atoms with E-state index in [-0.39, 0.29) is 30.5 Å². The molecule has 2 unspecified atom stereocenters. The van der Waals surface area contributed by atoms with Crippen molar-refractivity contribution in [2.24, 2.45) is 17.1 Å². The summed E-state index contributed by atoms with van der Waals surface area (Å²) in [5.41, 5.74) is 6.34. The maximum absolute atomic E-state index is 12.5. The molecule has 0 bridgehead atoms. The van der Waals surface area contributed by atoms with Crippen molar-refractivity contribution in [2.45, 2.75) is 45.6 Å². The van der Waals surface area contributed by atoms with Gasteiger partial charge in [-0.3, -0.25) is 4.90 Å². The predicted octanol–water partition coefficient (Wildman–Crippen LogP) is 1.70. The molecule has 1 saturated carbocycles. The highest BCUT2D eigenvalue weighted by Crippen LogP contribution is 2.38. The summed E-state index contributed by atoms with van der Waals surface area (Å²) >= 11 is 0. The maximum atomic E-state index is 12.5. The zero-order valence-corrected chi connectivity index (χ0v) is 11.4. The molecule has 2 atom stereocenters. The molecule has 0 aliphatic heterocycles. The number of halogens is 2. The third kappa shape index (κ3) is 4.44. The molecule has 0 radical (unpaired) electrons. The molecule has 0 heterocycles. The Hall–Kier alpha value is -0.260. The van der Waals surface area contributed by atoms with Gasteiger partial charge in [0.15, 0.2) is 0 Å². The third-order valence-electron chi connectivity index (χ3n) is 4.11. The van der Waals surface area contributed by atoms with Crippen LogP contribution in [-0.2, 0) is 0 Å². The van der Waals surface area contributed by atoms with Gasteiger partial charge in [-0.15, -0.1) is 0 Å². The van der Waals surface area contributed by atoms with Crippen molar-refractivity contribution in [3.8, 4) is 0 Å². The predicted molar refractivity (Wildman–Crippen MR) is 68.6 cm³/mol. The van der Waals surface area contributed by atoms with Gasteiger partial charge >= 0.3 is 0 Å².